The second-order valence-electron chi connectivity index (χ2n) is 3.59. The maximum Gasteiger partial charge on any atom is 0.0431 e. The largest absolute Gasteiger partial charge is 0.396 e. The molecule has 0 aliphatic carbocycles. The quantitative estimate of drug-likeness (QED) is 0.514. The third-order valence-electron chi connectivity index (χ3n) is 2.22. The van der Waals surface area contributed by atoms with E-state index >= 15 is 0 Å². The third-order valence-corrected chi connectivity index (χ3v) is 2.22. The molecule has 0 aromatic carbocycles. The highest BCUT2D eigenvalue weighted by molar-refractivity contribution is 4.49. The Labute approximate surface area is 82.7 Å². The van der Waals surface area contributed by atoms with E-state index in [-0.39, 0.29) is 0 Å². The average Bonchev–Trinajstić information content (AvgIpc) is 2.16. The lowest BCUT2D eigenvalue weighted by molar-refractivity contribution is 0.282. The predicted octanol–water partition coefficient (Wildman–Crippen LogP) is 2.32. The van der Waals surface area contributed by atoms with Crippen LogP contribution in [0, 0.1) is 0 Å². The molecule has 2 nitrogen and oxygen atoms in total. The Morgan fingerprint density at radius 2 is 1.46 bits per heavy atom. The highest BCUT2D eigenvalue weighted by Crippen LogP contribution is 2.01. The van der Waals surface area contributed by atoms with Gasteiger partial charge in [-0.3, -0.25) is 0 Å². The van der Waals surface area contributed by atoms with Crippen molar-refractivity contribution in [1.82, 2.24) is 5.32 Å². The molecule has 0 amide bonds. The van der Waals surface area contributed by atoms with Gasteiger partial charge < -0.3 is 10.4 Å². The lowest BCUT2D eigenvalue weighted by Gasteiger charge is -2.03. The van der Waals surface area contributed by atoms with Gasteiger partial charge in [-0.25, -0.2) is 0 Å². The molecule has 0 fully saturated rings. The number of unbranched alkanes of at least 4 members (excludes halogenated alkanes) is 5. The lowest BCUT2D eigenvalue weighted by atomic mass is 10.1. The number of aliphatic hydroxyl groups is 1. The fraction of sp³-hybridized carbons (Fsp3) is 1.00. The molecule has 0 unspecified atom stereocenters. The van der Waals surface area contributed by atoms with E-state index in [0.717, 1.165) is 6.42 Å². The minimum atomic E-state index is 0.356. The van der Waals surface area contributed by atoms with Crippen molar-refractivity contribution < 1.29 is 5.11 Å². The average molecular weight is 187 g/mol. The van der Waals surface area contributed by atoms with Crippen molar-refractivity contribution in [1.29, 1.82) is 0 Å². The van der Waals surface area contributed by atoms with E-state index < -0.39 is 0 Å². The van der Waals surface area contributed by atoms with Gasteiger partial charge in [0.1, 0.15) is 0 Å². The van der Waals surface area contributed by atoms with Gasteiger partial charge in [-0.15, -0.1) is 0 Å². The highest BCUT2D eigenvalue weighted by Gasteiger charge is 1.90. The summed E-state index contributed by atoms with van der Waals surface area (Å²) >= 11 is 0. The second-order valence-corrected chi connectivity index (χ2v) is 3.59. The van der Waals surface area contributed by atoms with Crippen molar-refractivity contribution >= 4 is 0 Å². The van der Waals surface area contributed by atoms with E-state index in [4.69, 9.17) is 5.11 Å². The van der Waals surface area contributed by atoms with E-state index in [1.807, 2.05) is 0 Å². The molecule has 0 aliphatic rings. The summed E-state index contributed by atoms with van der Waals surface area (Å²) in [6, 6.07) is 0. The summed E-state index contributed by atoms with van der Waals surface area (Å²) in [5, 5.41) is 12.0. The topological polar surface area (TPSA) is 32.3 Å². The van der Waals surface area contributed by atoms with Crippen LogP contribution in [0.2, 0.25) is 0 Å². The van der Waals surface area contributed by atoms with Crippen LogP contribution in [-0.2, 0) is 0 Å². The molecule has 0 spiro atoms. The summed E-state index contributed by atoms with van der Waals surface area (Å²) in [5.74, 6) is 0. The molecule has 0 radical (unpaired) electrons. The fourth-order valence-electron chi connectivity index (χ4n) is 1.32. The molecular formula is C11H25NO. The van der Waals surface area contributed by atoms with Gasteiger partial charge in [0.2, 0.25) is 0 Å². The van der Waals surface area contributed by atoms with Gasteiger partial charge >= 0.3 is 0 Å². The van der Waals surface area contributed by atoms with E-state index in [2.05, 4.69) is 12.2 Å². The van der Waals surface area contributed by atoms with E-state index in [0.29, 0.717) is 6.61 Å². The minimum absolute atomic E-state index is 0.356. The first-order chi connectivity index (χ1) is 6.41. The van der Waals surface area contributed by atoms with Crippen LogP contribution >= 0.6 is 0 Å². The first-order valence-corrected chi connectivity index (χ1v) is 5.73. The number of nitrogens with one attached hydrogen (secondary N) is 1. The zero-order valence-corrected chi connectivity index (χ0v) is 9.02. The molecule has 2 N–H and O–H groups in total. The third kappa shape index (κ3) is 11.9. The first-order valence-electron chi connectivity index (χ1n) is 5.73. The summed E-state index contributed by atoms with van der Waals surface area (Å²) < 4.78 is 0. The number of hydrogen-bond donors (Lipinski definition) is 2. The van der Waals surface area contributed by atoms with Gasteiger partial charge in [-0.2, -0.15) is 0 Å². The summed E-state index contributed by atoms with van der Waals surface area (Å²) in [4.78, 5) is 0. The van der Waals surface area contributed by atoms with Crippen LogP contribution in [0.15, 0.2) is 0 Å². The first kappa shape index (κ1) is 12.9. The Balaban J connectivity index is 2.76. The predicted molar refractivity (Wildman–Crippen MR) is 57.9 cm³/mol. The molecule has 0 heterocycles. The van der Waals surface area contributed by atoms with Crippen LogP contribution in [0.1, 0.15) is 51.9 Å². The maximum atomic E-state index is 8.55. The van der Waals surface area contributed by atoms with Crippen molar-refractivity contribution in [3.05, 3.63) is 0 Å². The monoisotopic (exact) mass is 187 g/mol. The lowest BCUT2D eigenvalue weighted by Crippen LogP contribution is -2.16. The number of rotatable bonds is 10. The standard InChI is InChI=1S/C11H25NO/c1-2-3-9-12-10-7-5-4-6-8-11-13/h12-13H,2-11H2,1H3. The van der Waals surface area contributed by atoms with Crippen molar-refractivity contribution in [2.75, 3.05) is 19.7 Å². The smallest absolute Gasteiger partial charge is 0.0431 e. The van der Waals surface area contributed by atoms with Crippen molar-refractivity contribution in [2.24, 2.45) is 0 Å². The normalized spacial score (nSPS) is 10.6. The summed E-state index contributed by atoms with van der Waals surface area (Å²) in [7, 11) is 0. The van der Waals surface area contributed by atoms with Gasteiger partial charge in [0.05, 0.1) is 0 Å². The van der Waals surface area contributed by atoms with Crippen LogP contribution in [-0.4, -0.2) is 24.8 Å². The molecule has 0 bridgehead atoms. The highest BCUT2D eigenvalue weighted by atomic mass is 16.2. The van der Waals surface area contributed by atoms with E-state index in [9.17, 15) is 0 Å². The Morgan fingerprint density at radius 3 is 2.15 bits per heavy atom. The minimum Gasteiger partial charge on any atom is -0.396 e. The molecule has 0 aliphatic heterocycles. The molecular weight excluding hydrogens is 162 g/mol. The van der Waals surface area contributed by atoms with Crippen LogP contribution in [0.25, 0.3) is 0 Å². The zero-order valence-electron chi connectivity index (χ0n) is 9.02. The summed E-state index contributed by atoms with van der Waals surface area (Å²) in [6.45, 7) is 4.91. The molecule has 0 saturated heterocycles. The van der Waals surface area contributed by atoms with E-state index in [1.165, 1.54) is 51.6 Å². The van der Waals surface area contributed by atoms with Gasteiger partial charge in [0.15, 0.2) is 0 Å². The second kappa shape index (κ2) is 11.9. The van der Waals surface area contributed by atoms with Crippen LogP contribution in [0.5, 0.6) is 0 Å². The van der Waals surface area contributed by atoms with E-state index in [1.54, 1.807) is 0 Å². The molecule has 0 aromatic heterocycles. The van der Waals surface area contributed by atoms with Crippen LogP contribution in [0.3, 0.4) is 0 Å². The number of aliphatic hydroxyl groups excluding tert-OH is 1. The molecule has 0 aromatic rings. The maximum absolute atomic E-state index is 8.55. The SMILES string of the molecule is CCCCNCCCCCCCO. The van der Waals surface area contributed by atoms with Crippen LogP contribution in [0.4, 0.5) is 0 Å². The van der Waals surface area contributed by atoms with Gasteiger partial charge in [0.25, 0.3) is 0 Å². The molecule has 80 valence electrons. The molecule has 2 heteroatoms. The van der Waals surface area contributed by atoms with Crippen molar-refractivity contribution in [3.8, 4) is 0 Å². The fourth-order valence-corrected chi connectivity index (χ4v) is 1.32. The number of hydrogen-bond acceptors (Lipinski definition) is 2. The van der Waals surface area contributed by atoms with Crippen LogP contribution < -0.4 is 5.32 Å². The molecule has 0 atom stereocenters. The Morgan fingerprint density at radius 1 is 0.846 bits per heavy atom. The molecule has 0 saturated carbocycles. The molecule has 13 heavy (non-hydrogen) atoms. The van der Waals surface area contributed by atoms with Crippen molar-refractivity contribution in [2.45, 2.75) is 51.9 Å². The Kier molecular flexibility index (Phi) is 11.8. The van der Waals surface area contributed by atoms with Crippen molar-refractivity contribution in [3.63, 3.8) is 0 Å². The summed E-state index contributed by atoms with van der Waals surface area (Å²) in [6.07, 6.45) is 8.60. The van der Waals surface area contributed by atoms with Gasteiger partial charge in [-0.05, 0) is 32.4 Å². The van der Waals surface area contributed by atoms with Gasteiger partial charge in [0, 0.05) is 6.61 Å². The Hall–Kier alpha value is -0.0800. The molecule has 0 rings (SSSR count). The zero-order chi connectivity index (χ0) is 9.78. The Bertz CT molecular complexity index is 76.2. The summed E-state index contributed by atoms with van der Waals surface area (Å²) in [5.41, 5.74) is 0. The van der Waals surface area contributed by atoms with Gasteiger partial charge in [-0.1, -0.05) is 32.6 Å².